The fourth-order valence-corrected chi connectivity index (χ4v) is 2.89. The maximum Gasteiger partial charge on any atom is 0.142 e. The summed E-state index contributed by atoms with van der Waals surface area (Å²) in [6, 6.07) is 15.0. The van der Waals surface area contributed by atoms with Crippen molar-refractivity contribution < 1.29 is 5.11 Å². The molecule has 0 saturated carbocycles. The molecule has 0 bridgehead atoms. The summed E-state index contributed by atoms with van der Waals surface area (Å²) in [4.78, 5) is 5.10. The average molecular weight is 288 g/mol. The van der Waals surface area contributed by atoms with Crippen LogP contribution in [0.4, 0.5) is 5.69 Å². The highest BCUT2D eigenvalue weighted by molar-refractivity contribution is 7.21. The quantitative estimate of drug-likeness (QED) is 0.660. The topological polar surface area (TPSA) is 32.6 Å². The molecule has 4 heteroatoms. The van der Waals surface area contributed by atoms with Crippen LogP contribution in [0.15, 0.2) is 53.5 Å². The van der Waals surface area contributed by atoms with Crippen LogP contribution in [-0.2, 0) is 0 Å². The second-order valence-corrected chi connectivity index (χ2v) is 5.57. The Bertz CT molecular complexity index is 746. The summed E-state index contributed by atoms with van der Waals surface area (Å²) >= 11 is 7.34. The molecule has 2 nitrogen and oxygen atoms in total. The van der Waals surface area contributed by atoms with Crippen molar-refractivity contribution in [1.82, 2.24) is 0 Å². The third kappa shape index (κ3) is 2.48. The van der Waals surface area contributed by atoms with E-state index in [9.17, 15) is 5.11 Å². The lowest BCUT2D eigenvalue weighted by Gasteiger charge is -1.93. The van der Waals surface area contributed by atoms with Gasteiger partial charge in [0.1, 0.15) is 5.75 Å². The second kappa shape index (κ2) is 5.03. The monoisotopic (exact) mass is 287 g/mol. The van der Waals surface area contributed by atoms with Gasteiger partial charge in [-0.1, -0.05) is 23.7 Å². The van der Waals surface area contributed by atoms with Gasteiger partial charge in [0, 0.05) is 21.3 Å². The number of aliphatic imine (C=N–C) groups is 1. The maximum atomic E-state index is 10.1. The van der Waals surface area contributed by atoms with Crippen LogP contribution < -0.4 is 0 Å². The van der Waals surface area contributed by atoms with Crippen molar-refractivity contribution in [1.29, 1.82) is 0 Å². The van der Waals surface area contributed by atoms with Gasteiger partial charge < -0.3 is 5.11 Å². The fraction of sp³-hybridized carbons (Fsp3) is 0. The van der Waals surface area contributed by atoms with E-state index in [1.807, 2.05) is 36.4 Å². The first-order chi connectivity index (χ1) is 9.24. The smallest absolute Gasteiger partial charge is 0.142 e. The van der Waals surface area contributed by atoms with E-state index in [2.05, 4.69) is 4.99 Å². The van der Waals surface area contributed by atoms with Crippen LogP contribution in [0.1, 0.15) is 4.88 Å². The molecule has 19 heavy (non-hydrogen) atoms. The first-order valence-corrected chi connectivity index (χ1v) is 6.93. The van der Waals surface area contributed by atoms with Gasteiger partial charge in [-0.05, 0) is 36.4 Å². The van der Waals surface area contributed by atoms with Crippen LogP contribution in [0.3, 0.4) is 0 Å². The van der Waals surface area contributed by atoms with Crippen molar-refractivity contribution in [2.45, 2.75) is 0 Å². The summed E-state index contributed by atoms with van der Waals surface area (Å²) in [6.45, 7) is 0. The van der Waals surface area contributed by atoms with Gasteiger partial charge in [-0.3, -0.25) is 4.99 Å². The lowest BCUT2D eigenvalue weighted by atomic mass is 10.2. The van der Waals surface area contributed by atoms with Gasteiger partial charge in [0.25, 0.3) is 0 Å². The molecule has 0 amide bonds. The maximum absolute atomic E-state index is 10.1. The van der Waals surface area contributed by atoms with E-state index in [4.69, 9.17) is 11.6 Å². The molecule has 0 radical (unpaired) electrons. The Balaban J connectivity index is 1.97. The van der Waals surface area contributed by atoms with Gasteiger partial charge in [0.05, 0.1) is 10.6 Å². The Morgan fingerprint density at radius 1 is 1.05 bits per heavy atom. The number of nitrogens with zero attached hydrogens (tertiary/aromatic N) is 1. The molecule has 0 spiro atoms. The predicted octanol–water partition coefficient (Wildman–Crippen LogP) is 5.01. The van der Waals surface area contributed by atoms with Gasteiger partial charge in [0.2, 0.25) is 0 Å². The Kier molecular flexibility index (Phi) is 3.23. The third-order valence-corrected chi connectivity index (χ3v) is 4.10. The molecule has 0 aliphatic heterocycles. The van der Waals surface area contributed by atoms with Crippen LogP contribution in [0.2, 0.25) is 5.02 Å². The highest BCUT2D eigenvalue weighted by Gasteiger charge is 2.08. The van der Waals surface area contributed by atoms with Crippen LogP contribution in [0.25, 0.3) is 10.1 Å². The molecule has 0 fully saturated rings. The van der Waals surface area contributed by atoms with E-state index in [0.29, 0.717) is 10.8 Å². The fourth-order valence-electron chi connectivity index (χ4n) is 1.80. The largest absolute Gasteiger partial charge is 0.506 e. The van der Waals surface area contributed by atoms with Crippen LogP contribution in [0.5, 0.6) is 5.75 Å². The summed E-state index contributed by atoms with van der Waals surface area (Å²) in [7, 11) is 0. The molecule has 0 atom stereocenters. The normalized spacial score (nSPS) is 11.4. The summed E-state index contributed by atoms with van der Waals surface area (Å²) < 4.78 is 1.05. The van der Waals surface area contributed by atoms with Crippen LogP contribution in [-0.4, -0.2) is 11.3 Å². The summed E-state index contributed by atoms with van der Waals surface area (Å²) in [5.41, 5.74) is 0.807. The summed E-state index contributed by atoms with van der Waals surface area (Å²) in [5.74, 6) is 0.290. The standard InChI is InChI=1S/C15H10ClNOS/c16-10-5-7-11(8-6-10)17-9-14-15(18)12-3-1-2-4-13(12)19-14/h1-9,18H. The molecule has 0 aliphatic carbocycles. The van der Waals surface area contributed by atoms with Gasteiger partial charge in [0.15, 0.2) is 0 Å². The Morgan fingerprint density at radius 3 is 2.53 bits per heavy atom. The van der Waals surface area contributed by atoms with Crippen molar-refractivity contribution in [3.8, 4) is 5.75 Å². The zero-order valence-electron chi connectivity index (χ0n) is 9.88. The van der Waals surface area contributed by atoms with Crippen molar-refractivity contribution in [3.63, 3.8) is 0 Å². The number of benzene rings is 2. The zero-order valence-corrected chi connectivity index (χ0v) is 11.4. The molecule has 1 heterocycles. The van der Waals surface area contributed by atoms with Crippen LogP contribution >= 0.6 is 22.9 Å². The molecule has 3 rings (SSSR count). The average Bonchev–Trinajstić information content (AvgIpc) is 2.76. The van der Waals surface area contributed by atoms with Gasteiger partial charge in [-0.25, -0.2) is 0 Å². The molecule has 2 aromatic carbocycles. The number of fused-ring (bicyclic) bond motifs is 1. The number of aromatic hydroxyl groups is 1. The Labute approximate surface area is 119 Å². The molecule has 0 aliphatic rings. The van der Waals surface area contributed by atoms with E-state index in [1.54, 1.807) is 18.3 Å². The number of hydrogen-bond donors (Lipinski definition) is 1. The third-order valence-electron chi connectivity index (χ3n) is 2.75. The van der Waals surface area contributed by atoms with Crippen molar-refractivity contribution in [2.75, 3.05) is 0 Å². The van der Waals surface area contributed by atoms with Gasteiger partial charge in [-0.2, -0.15) is 0 Å². The molecular formula is C15H10ClNOS. The zero-order chi connectivity index (χ0) is 13.2. The van der Waals surface area contributed by atoms with E-state index in [1.165, 1.54) is 11.3 Å². The lowest BCUT2D eigenvalue weighted by molar-refractivity contribution is 0.483. The highest BCUT2D eigenvalue weighted by Crippen LogP contribution is 2.35. The van der Waals surface area contributed by atoms with E-state index in [0.717, 1.165) is 20.7 Å². The van der Waals surface area contributed by atoms with Crippen molar-refractivity contribution >= 4 is 44.9 Å². The van der Waals surface area contributed by atoms with Gasteiger partial charge in [-0.15, -0.1) is 11.3 Å². The molecule has 1 aromatic heterocycles. The van der Waals surface area contributed by atoms with E-state index in [-0.39, 0.29) is 0 Å². The number of hydrogen-bond acceptors (Lipinski definition) is 3. The van der Waals surface area contributed by atoms with Crippen LogP contribution in [0, 0.1) is 0 Å². The number of rotatable bonds is 2. The molecule has 3 aromatic rings. The predicted molar refractivity (Wildman–Crippen MR) is 82.2 cm³/mol. The lowest BCUT2D eigenvalue weighted by Crippen LogP contribution is -1.74. The van der Waals surface area contributed by atoms with Crippen molar-refractivity contribution in [3.05, 3.63) is 58.4 Å². The minimum atomic E-state index is 0.290. The molecule has 1 N–H and O–H groups in total. The number of thiophene rings is 1. The first kappa shape index (κ1) is 12.2. The van der Waals surface area contributed by atoms with E-state index < -0.39 is 0 Å². The van der Waals surface area contributed by atoms with Gasteiger partial charge >= 0.3 is 0 Å². The Morgan fingerprint density at radius 2 is 1.79 bits per heavy atom. The highest BCUT2D eigenvalue weighted by atomic mass is 35.5. The molecule has 0 unspecified atom stereocenters. The minimum absolute atomic E-state index is 0.290. The summed E-state index contributed by atoms with van der Waals surface area (Å²) in [6.07, 6.45) is 1.68. The number of halogens is 1. The van der Waals surface area contributed by atoms with Crippen molar-refractivity contribution in [2.24, 2.45) is 4.99 Å². The summed E-state index contributed by atoms with van der Waals surface area (Å²) in [5, 5.41) is 11.7. The minimum Gasteiger partial charge on any atom is -0.506 e. The molecule has 94 valence electrons. The Hall–Kier alpha value is -1.84. The molecular weight excluding hydrogens is 278 g/mol. The molecule has 0 saturated heterocycles. The SMILES string of the molecule is Oc1c(C=Nc2ccc(Cl)cc2)sc2ccccc12. The van der Waals surface area contributed by atoms with E-state index >= 15 is 0 Å². The first-order valence-electron chi connectivity index (χ1n) is 5.74. The second-order valence-electron chi connectivity index (χ2n) is 4.05.